The summed E-state index contributed by atoms with van der Waals surface area (Å²) in [4.78, 5) is 214. The van der Waals surface area contributed by atoms with E-state index in [1.54, 1.807) is 43.0 Å². The van der Waals surface area contributed by atoms with Gasteiger partial charge in [0, 0.05) is 80.4 Å². The molecule has 1 aliphatic heterocycles. The fraction of sp³-hybridized carbons (Fsp3) is 0.597. The van der Waals surface area contributed by atoms with E-state index >= 15 is 0 Å². The zero-order chi connectivity index (χ0) is 88.4. The zero-order valence-corrected chi connectivity index (χ0v) is 70.6. The van der Waals surface area contributed by atoms with Crippen LogP contribution in [0.2, 0.25) is 0 Å². The molecular weight excluding hydrogens is 1620 g/mol. The van der Waals surface area contributed by atoms with Gasteiger partial charge in [0.2, 0.25) is 35.4 Å². The first-order valence-corrected chi connectivity index (χ1v) is 42.5. The number of hydrogen-bond donors (Lipinski definition) is 17. The number of phenols is 1. The third-order valence-corrected chi connectivity index (χ3v) is 22.3. The molecule has 0 radical (unpaired) electrons. The van der Waals surface area contributed by atoms with Crippen molar-refractivity contribution in [3.63, 3.8) is 0 Å². The minimum Gasteiger partial charge on any atom is -0.508 e. The van der Waals surface area contributed by atoms with E-state index in [1.165, 1.54) is 36.6 Å². The number of hydrazine groups is 1. The van der Waals surface area contributed by atoms with E-state index in [-0.39, 0.29) is 110 Å². The predicted molar refractivity (Wildman–Crippen MR) is 435 cm³/mol. The molecule has 1 fully saturated rings. The molecule has 42 heteroatoms. The molecular formula is C77H114N14O25S3. The highest BCUT2D eigenvalue weighted by atomic mass is 33.1. The van der Waals surface area contributed by atoms with Gasteiger partial charge in [-0.1, -0.05) is 112 Å². The Morgan fingerprint density at radius 2 is 1.30 bits per heavy atom. The number of rotatable bonds is 53. The molecule has 1 aromatic heterocycles. The third kappa shape index (κ3) is 38.3. The maximum atomic E-state index is 15.0. The lowest BCUT2D eigenvalue weighted by atomic mass is 9.92. The second kappa shape index (κ2) is 53.1. The number of carboxylic acids is 5. The van der Waals surface area contributed by atoms with Gasteiger partial charge in [-0.3, -0.25) is 63.1 Å². The summed E-state index contributed by atoms with van der Waals surface area (Å²) in [6, 6.07) is 1.14. The number of thiazole rings is 1. The van der Waals surface area contributed by atoms with Crippen molar-refractivity contribution < 1.29 is 122 Å². The predicted octanol–water partition coefficient (Wildman–Crippen LogP) is 4.31. The summed E-state index contributed by atoms with van der Waals surface area (Å²) >= 11 is 1.06. The zero-order valence-electron chi connectivity index (χ0n) is 68.2. The number of carboxylic acid groups (broad SMARTS) is 5. The van der Waals surface area contributed by atoms with E-state index in [9.17, 15) is 102 Å². The first kappa shape index (κ1) is 101. The van der Waals surface area contributed by atoms with Gasteiger partial charge in [-0.2, -0.15) is 0 Å². The molecule has 2 aromatic carbocycles. The molecule has 0 aliphatic carbocycles. The van der Waals surface area contributed by atoms with Crippen LogP contribution in [0.15, 0.2) is 53.9 Å². The first-order valence-electron chi connectivity index (χ1n) is 39.1. The van der Waals surface area contributed by atoms with Gasteiger partial charge >= 0.3 is 54.0 Å². The number of aromatic nitrogens is 1. The average Bonchev–Trinajstić information content (AvgIpc) is 1.77. The van der Waals surface area contributed by atoms with Crippen LogP contribution in [0.4, 0.5) is 14.4 Å². The van der Waals surface area contributed by atoms with Crippen LogP contribution in [0, 0.1) is 17.8 Å². The number of ether oxygens (including phenoxy) is 3. The van der Waals surface area contributed by atoms with Gasteiger partial charge in [0.05, 0.1) is 25.3 Å². The molecule has 4 rings (SSSR count). The van der Waals surface area contributed by atoms with Crippen LogP contribution in [0.25, 0.3) is 0 Å². The van der Waals surface area contributed by atoms with E-state index in [4.69, 9.17) is 19.3 Å². The minimum absolute atomic E-state index is 0.0107. The lowest BCUT2D eigenvalue weighted by Gasteiger charge is -2.39. The number of hydrogen-bond acceptors (Lipinski definition) is 25. The average molecular weight is 1730 g/mol. The Morgan fingerprint density at radius 1 is 0.664 bits per heavy atom. The van der Waals surface area contributed by atoms with Crippen molar-refractivity contribution in [1.82, 2.24) is 73.5 Å². The molecule has 17 N–H and O–H groups in total. The highest BCUT2D eigenvalue weighted by Crippen LogP contribution is 2.33. The Bertz CT molecular complexity index is 3880. The molecule has 119 heavy (non-hydrogen) atoms. The molecule has 0 bridgehead atoms. The topological polar surface area (TPSA) is 574 Å². The fourth-order valence-corrected chi connectivity index (χ4v) is 15.1. The van der Waals surface area contributed by atoms with Gasteiger partial charge < -0.3 is 97.6 Å². The Hall–Kier alpha value is -10.6. The smallest absolute Gasteiger partial charge is 0.426 e. The molecule has 0 spiro atoms. The van der Waals surface area contributed by atoms with Crippen LogP contribution in [0.5, 0.6) is 5.75 Å². The SMILES string of the molecule is CCCOCN(C(=O)[C@@H](NC(=O)[C@H]1CCCCN1C)C(C)CC)[C@H](C[C@@H](OC(C)=O)c1nc(C(=O)N[C@@H](Cc2ccc(O)cc2)C[C@H](C)C(=O)NNC(=O)OCCSSC[C@H](NC(=O)[C@H](CC(=O)O)NC(=O)[C@H](CC(=O)O)NC(=O)Cc2ccc(CNC(=O)NCCCC[C@@H](C)NC(=O)N[C@@H](CCC(=O)O)C(=O)O)cc2)C(=O)O)cs1)C(C)C. The number of piperidine rings is 1. The van der Waals surface area contributed by atoms with Crippen LogP contribution in [0.3, 0.4) is 0 Å². The van der Waals surface area contributed by atoms with Gasteiger partial charge in [-0.15, -0.1) is 11.3 Å². The van der Waals surface area contributed by atoms with E-state index in [0.29, 0.717) is 61.8 Å². The number of nitrogens with zero attached hydrogens (tertiary/aromatic N) is 3. The van der Waals surface area contributed by atoms with Crippen LogP contribution in [-0.2, 0) is 91.1 Å². The lowest BCUT2D eigenvalue weighted by molar-refractivity contribution is -0.153. The summed E-state index contributed by atoms with van der Waals surface area (Å²) in [5.74, 6) is -15.1. The number of phenolic OH excluding ortho intramolecular Hbond substituents is 1. The van der Waals surface area contributed by atoms with Crippen molar-refractivity contribution in [2.24, 2.45) is 17.8 Å². The second-order valence-corrected chi connectivity index (χ2v) is 32.7. The maximum absolute atomic E-state index is 15.0. The van der Waals surface area contributed by atoms with Crippen molar-refractivity contribution in [2.45, 2.75) is 225 Å². The van der Waals surface area contributed by atoms with Crippen molar-refractivity contribution >= 4 is 128 Å². The van der Waals surface area contributed by atoms with E-state index in [1.807, 2.05) is 46.6 Å². The van der Waals surface area contributed by atoms with Crippen molar-refractivity contribution in [3.8, 4) is 5.75 Å². The number of aromatic hydroxyl groups is 1. The molecule has 39 nitrogen and oxygen atoms in total. The van der Waals surface area contributed by atoms with Gasteiger partial charge in [0.1, 0.15) is 60.0 Å². The van der Waals surface area contributed by atoms with Gasteiger partial charge in [0.15, 0.2) is 6.10 Å². The number of amides is 12. The minimum atomic E-state index is -1.97. The number of likely N-dealkylation sites (N-methyl/N-ethyl adjacent to an activating group) is 1. The molecule has 660 valence electrons. The second-order valence-electron chi connectivity index (χ2n) is 29.2. The summed E-state index contributed by atoms with van der Waals surface area (Å²) < 4.78 is 17.1. The number of esters is 1. The maximum Gasteiger partial charge on any atom is 0.426 e. The van der Waals surface area contributed by atoms with Crippen molar-refractivity contribution in [2.75, 3.05) is 51.6 Å². The summed E-state index contributed by atoms with van der Waals surface area (Å²) in [6.45, 7) is 15.1. The quantitative estimate of drug-likeness (QED) is 0.0123. The monoisotopic (exact) mass is 1730 g/mol. The van der Waals surface area contributed by atoms with Gasteiger partial charge in [-0.25, -0.2) is 34.4 Å². The number of benzene rings is 2. The van der Waals surface area contributed by atoms with Crippen molar-refractivity contribution in [1.29, 1.82) is 0 Å². The molecule has 12 atom stereocenters. The Labute approximate surface area is 701 Å². The molecule has 3 aromatic rings. The Kier molecular flexibility index (Phi) is 44.9. The number of urea groups is 2. The number of likely N-dealkylation sites (tertiary alicyclic amines) is 1. The van der Waals surface area contributed by atoms with Crippen LogP contribution in [-0.4, -0.2) is 247 Å². The van der Waals surface area contributed by atoms with Gasteiger partial charge in [0.25, 0.3) is 5.91 Å². The highest BCUT2D eigenvalue weighted by molar-refractivity contribution is 8.76. The lowest BCUT2D eigenvalue weighted by Crippen LogP contribution is -2.59. The highest BCUT2D eigenvalue weighted by Gasteiger charge is 2.40. The largest absolute Gasteiger partial charge is 0.508 e. The van der Waals surface area contributed by atoms with Crippen LogP contribution in [0.1, 0.15) is 184 Å². The number of nitrogens with one attached hydrogen (secondary N) is 11. The number of aliphatic carboxylic acids is 5. The number of unbranched alkanes of at least 4 members (excludes halogenated alkanes) is 1. The molecule has 2 heterocycles. The molecule has 0 saturated carbocycles. The summed E-state index contributed by atoms with van der Waals surface area (Å²) in [5, 5.41) is 81.8. The van der Waals surface area contributed by atoms with E-state index in [2.05, 4.69) is 63.7 Å². The van der Waals surface area contributed by atoms with Crippen LogP contribution >= 0.6 is 32.9 Å². The normalized spacial score (nSPS) is 15.4. The molecule has 1 aliphatic rings. The Balaban J connectivity index is 1.27. The van der Waals surface area contributed by atoms with E-state index < -0.39 is 170 Å². The molecule has 1 saturated heterocycles. The standard InChI is InChI=1S/C77H114N14O25S3/c1-10-30-114-42-91(72(106)65(44(5)11-2)87-70(105)58-17-13-15-29-90(58)9)59(43(3)4)38-60(116-47(8)92)71-85-56(40-117-71)69(104)81-51(34-48-22-24-52(93)25-23-48)33-45(6)66(101)88-89-77(113)115-31-32-118-119-41-57(74(109)110)84-68(103)55(37-64(99)100)83-67(102)54(36-63(97)98)82-61(94)35-49-18-20-50(21-19-49)39-79-75(111)78-28-14-12-16-46(7)80-76(112)86-53(73(107)108)26-27-62(95)96/h18-25,40,43-46,51,53-55,57-60,65,93H,10-17,26-39,41-42H2,1-9H3,(H,81,104)(H,82,94)(H,83,102)(H,84,103)(H,87,105)(H,88,101)(H,89,113)(H,95,96)(H,97,98)(H,99,100)(H,107,108)(H,109,110)(H2,78,79,111)(H2,80,86,112)/t44?,45-,46+,51+,53-,54-,55-,57-,58+,59+,60+,65-/m0/s1. The van der Waals surface area contributed by atoms with Crippen LogP contribution < -0.4 is 58.7 Å². The third-order valence-electron chi connectivity index (χ3n) is 19.0. The number of carbonyl (C=O) groups excluding carboxylic acids is 11. The molecule has 1 unspecified atom stereocenters. The Morgan fingerprint density at radius 3 is 1.91 bits per heavy atom. The van der Waals surface area contributed by atoms with Gasteiger partial charge in [-0.05, 0) is 119 Å². The molecule has 12 amide bonds. The summed E-state index contributed by atoms with van der Waals surface area (Å²) in [5.41, 5.74) is 6.04. The first-order chi connectivity index (χ1) is 56.4. The summed E-state index contributed by atoms with van der Waals surface area (Å²) in [7, 11) is 3.77. The van der Waals surface area contributed by atoms with Crippen molar-refractivity contribution in [3.05, 3.63) is 81.3 Å². The summed E-state index contributed by atoms with van der Waals surface area (Å²) in [6.07, 6.45) is 0.0854. The fourth-order valence-electron chi connectivity index (χ4n) is 12.3. The number of carbonyl (C=O) groups is 16. The van der Waals surface area contributed by atoms with E-state index in [0.717, 1.165) is 52.3 Å².